The lowest BCUT2D eigenvalue weighted by molar-refractivity contribution is -0.142. The minimum absolute atomic E-state index is 0.0290. The number of anilines is 1. The number of aryl methyl sites for hydroxylation is 2. The molecular weight excluding hydrogens is 439 g/mol. The van der Waals surface area contributed by atoms with Crippen LogP contribution in [0.3, 0.4) is 0 Å². The Bertz CT molecular complexity index is 1280. The van der Waals surface area contributed by atoms with E-state index in [-0.39, 0.29) is 23.0 Å². The maximum absolute atomic E-state index is 13.6. The Hall–Kier alpha value is -3.69. The Morgan fingerprint density at radius 3 is 2.27 bits per heavy atom. The third kappa shape index (κ3) is 4.74. The highest BCUT2D eigenvalue weighted by atomic mass is 19.4. The third-order valence-electron chi connectivity index (χ3n) is 5.35. The predicted molar refractivity (Wildman–Crippen MR) is 116 cm³/mol. The molecule has 174 valence electrons. The third-order valence-corrected chi connectivity index (χ3v) is 5.35. The fraction of sp³-hybridized carbons (Fsp3) is 0.304. The van der Waals surface area contributed by atoms with Crippen molar-refractivity contribution in [2.75, 3.05) is 12.4 Å². The molecule has 1 aromatic heterocycles. The average molecular weight is 461 g/mol. The summed E-state index contributed by atoms with van der Waals surface area (Å²) >= 11 is 0. The van der Waals surface area contributed by atoms with E-state index in [0.29, 0.717) is 11.3 Å². The first kappa shape index (κ1) is 24.0. The first-order valence-corrected chi connectivity index (χ1v) is 10.1. The Balaban J connectivity index is 2.11. The van der Waals surface area contributed by atoms with Crippen LogP contribution in [0.1, 0.15) is 46.6 Å². The van der Waals surface area contributed by atoms with Gasteiger partial charge in [0.25, 0.3) is 5.56 Å². The number of carbonyl (C=O) groups excluding carboxylic acids is 2. The molecule has 0 spiro atoms. The summed E-state index contributed by atoms with van der Waals surface area (Å²) in [7, 11) is 1.24. The molecule has 0 unspecified atom stereocenters. The standard InChI is InChI=1S/C23H22F3N3O4/c1-5-17(20(30)27-15-8-6-14(7-9-15)22(32)33-4)29-18-11-13(3)12(2)10-16(18)28-19(21(29)31)23(24,25)26/h6-11,17H,5H2,1-4H3,(H,27,30)/t17-/m0/s1. The number of benzene rings is 2. The van der Waals surface area contributed by atoms with Crippen LogP contribution in [0, 0.1) is 13.8 Å². The number of alkyl halides is 3. The number of aromatic nitrogens is 2. The van der Waals surface area contributed by atoms with E-state index in [9.17, 15) is 27.6 Å². The highest BCUT2D eigenvalue weighted by Crippen LogP contribution is 2.29. The number of hydrogen-bond donors (Lipinski definition) is 1. The van der Waals surface area contributed by atoms with Crippen molar-refractivity contribution >= 4 is 28.6 Å². The van der Waals surface area contributed by atoms with E-state index in [0.717, 1.165) is 10.1 Å². The van der Waals surface area contributed by atoms with Gasteiger partial charge < -0.3 is 10.1 Å². The van der Waals surface area contributed by atoms with Gasteiger partial charge in [-0.2, -0.15) is 13.2 Å². The number of ether oxygens (including phenoxy) is 1. The van der Waals surface area contributed by atoms with Gasteiger partial charge in [0.05, 0.1) is 23.7 Å². The fourth-order valence-corrected chi connectivity index (χ4v) is 3.47. The molecule has 0 radical (unpaired) electrons. The number of nitrogens with one attached hydrogen (secondary N) is 1. The summed E-state index contributed by atoms with van der Waals surface area (Å²) in [6.45, 7) is 5.07. The number of esters is 1. The maximum atomic E-state index is 13.6. The second-order valence-corrected chi connectivity index (χ2v) is 7.54. The highest BCUT2D eigenvalue weighted by Gasteiger charge is 2.38. The summed E-state index contributed by atoms with van der Waals surface area (Å²) in [4.78, 5) is 41.1. The van der Waals surface area contributed by atoms with Crippen LogP contribution in [0.2, 0.25) is 0 Å². The first-order chi connectivity index (χ1) is 15.5. The zero-order valence-corrected chi connectivity index (χ0v) is 18.4. The van der Waals surface area contributed by atoms with Gasteiger partial charge in [-0.3, -0.25) is 14.2 Å². The van der Waals surface area contributed by atoms with Crippen LogP contribution in [0.4, 0.5) is 18.9 Å². The van der Waals surface area contributed by atoms with Crippen molar-refractivity contribution in [1.82, 2.24) is 9.55 Å². The van der Waals surface area contributed by atoms with E-state index in [2.05, 4.69) is 15.0 Å². The topological polar surface area (TPSA) is 90.3 Å². The van der Waals surface area contributed by atoms with Crippen molar-refractivity contribution in [1.29, 1.82) is 0 Å². The van der Waals surface area contributed by atoms with Gasteiger partial charge in [-0.15, -0.1) is 0 Å². The van der Waals surface area contributed by atoms with Crippen LogP contribution in [0.15, 0.2) is 41.2 Å². The molecule has 0 aliphatic heterocycles. The molecule has 2 aromatic carbocycles. The normalized spacial score (nSPS) is 12.5. The molecule has 1 heterocycles. The van der Waals surface area contributed by atoms with Gasteiger partial charge in [-0.25, -0.2) is 9.78 Å². The van der Waals surface area contributed by atoms with Crippen molar-refractivity contribution in [2.24, 2.45) is 0 Å². The zero-order chi connectivity index (χ0) is 24.5. The number of nitrogens with zero attached hydrogens (tertiary/aromatic N) is 2. The van der Waals surface area contributed by atoms with Gasteiger partial charge in [0, 0.05) is 5.69 Å². The molecule has 0 saturated heterocycles. The lowest BCUT2D eigenvalue weighted by atomic mass is 10.1. The van der Waals surface area contributed by atoms with Crippen molar-refractivity contribution in [2.45, 2.75) is 39.4 Å². The van der Waals surface area contributed by atoms with Crippen LogP contribution in [-0.2, 0) is 15.7 Å². The minimum atomic E-state index is -4.98. The van der Waals surface area contributed by atoms with E-state index < -0.39 is 35.3 Å². The molecule has 0 bridgehead atoms. The summed E-state index contributed by atoms with van der Waals surface area (Å²) < 4.78 is 46.2. The second kappa shape index (κ2) is 9.05. The number of amides is 1. The number of rotatable bonds is 5. The fourth-order valence-electron chi connectivity index (χ4n) is 3.47. The number of hydrogen-bond acceptors (Lipinski definition) is 5. The summed E-state index contributed by atoms with van der Waals surface area (Å²) in [6.07, 6.45) is -4.93. The van der Waals surface area contributed by atoms with Crippen LogP contribution in [-0.4, -0.2) is 28.5 Å². The summed E-state index contributed by atoms with van der Waals surface area (Å²) in [5.74, 6) is -1.23. The van der Waals surface area contributed by atoms with Gasteiger partial charge in [0.1, 0.15) is 6.04 Å². The van der Waals surface area contributed by atoms with Crippen molar-refractivity contribution in [3.05, 3.63) is 69.1 Å². The van der Waals surface area contributed by atoms with E-state index in [1.54, 1.807) is 26.8 Å². The summed E-state index contributed by atoms with van der Waals surface area (Å²) in [5.41, 5.74) is -0.839. The van der Waals surface area contributed by atoms with Gasteiger partial charge in [0.15, 0.2) is 0 Å². The Morgan fingerprint density at radius 1 is 1.12 bits per heavy atom. The van der Waals surface area contributed by atoms with E-state index in [4.69, 9.17) is 0 Å². The predicted octanol–water partition coefficient (Wildman–Crippen LogP) is 4.41. The second-order valence-electron chi connectivity index (χ2n) is 7.54. The average Bonchev–Trinajstić information content (AvgIpc) is 2.76. The molecule has 3 aromatic rings. The highest BCUT2D eigenvalue weighted by molar-refractivity contribution is 5.96. The molecule has 0 fully saturated rings. The summed E-state index contributed by atoms with van der Waals surface area (Å²) in [5, 5.41) is 2.60. The largest absolute Gasteiger partial charge is 0.465 e. The van der Waals surface area contributed by atoms with Gasteiger partial charge in [-0.05, 0) is 67.8 Å². The van der Waals surface area contributed by atoms with E-state index in [1.165, 1.54) is 37.4 Å². The minimum Gasteiger partial charge on any atom is -0.465 e. The van der Waals surface area contributed by atoms with Gasteiger partial charge in [-0.1, -0.05) is 6.92 Å². The smallest absolute Gasteiger partial charge is 0.438 e. The van der Waals surface area contributed by atoms with E-state index in [1.807, 2.05) is 0 Å². The van der Waals surface area contributed by atoms with Crippen LogP contribution < -0.4 is 10.9 Å². The summed E-state index contributed by atoms with van der Waals surface area (Å²) in [6, 6.07) is 7.57. The Morgan fingerprint density at radius 2 is 1.73 bits per heavy atom. The SMILES string of the molecule is CC[C@@H](C(=O)Nc1ccc(C(=O)OC)cc1)n1c(=O)c(C(F)(F)F)nc2cc(C)c(C)cc21. The molecule has 0 aliphatic carbocycles. The monoisotopic (exact) mass is 461 g/mol. The molecule has 33 heavy (non-hydrogen) atoms. The van der Waals surface area contributed by atoms with Crippen LogP contribution in [0.5, 0.6) is 0 Å². The number of halogens is 3. The molecule has 1 N–H and O–H groups in total. The molecule has 3 rings (SSSR count). The first-order valence-electron chi connectivity index (χ1n) is 10.1. The van der Waals surface area contributed by atoms with Crippen LogP contribution in [0.25, 0.3) is 11.0 Å². The molecule has 0 aliphatic rings. The van der Waals surface area contributed by atoms with Crippen molar-refractivity contribution in [3.63, 3.8) is 0 Å². The zero-order valence-electron chi connectivity index (χ0n) is 18.4. The Labute approximate surface area is 187 Å². The lowest BCUT2D eigenvalue weighted by Crippen LogP contribution is -2.37. The van der Waals surface area contributed by atoms with E-state index >= 15 is 0 Å². The Kier molecular flexibility index (Phi) is 6.57. The van der Waals surface area contributed by atoms with Crippen molar-refractivity contribution in [3.8, 4) is 0 Å². The van der Waals surface area contributed by atoms with Gasteiger partial charge >= 0.3 is 12.1 Å². The maximum Gasteiger partial charge on any atom is 0.438 e. The number of methoxy groups -OCH3 is 1. The quantitative estimate of drug-likeness (QED) is 0.569. The molecule has 1 amide bonds. The van der Waals surface area contributed by atoms with Crippen LogP contribution >= 0.6 is 0 Å². The molecule has 1 atom stereocenters. The molecule has 10 heteroatoms. The van der Waals surface area contributed by atoms with Gasteiger partial charge in [0.2, 0.25) is 11.6 Å². The lowest BCUT2D eigenvalue weighted by Gasteiger charge is -2.22. The molecule has 0 saturated carbocycles. The molecule has 7 nitrogen and oxygen atoms in total. The van der Waals surface area contributed by atoms with Crippen molar-refractivity contribution < 1.29 is 27.5 Å². The number of carbonyl (C=O) groups is 2. The number of fused-ring (bicyclic) bond motifs is 1. The molecular formula is C23H22F3N3O4.